The molecule has 2 N–H and O–H groups in total. The number of nitrogens with one attached hydrogen (secondary N) is 2. The zero-order valence-electron chi connectivity index (χ0n) is 12.0. The van der Waals surface area contributed by atoms with Gasteiger partial charge < -0.3 is 10.6 Å². The van der Waals surface area contributed by atoms with Crippen LogP contribution in [0.4, 0.5) is 0 Å². The van der Waals surface area contributed by atoms with Crippen LogP contribution in [-0.2, 0) is 4.79 Å². The number of hydrogen-bond donors (Lipinski definition) is 2. The first-order chi connectivity index (χ1) is 8.10. The number of amides is 1. The van der Waals surface area contributed by atoms with Crippen molar-refractivity contribution < 1.29 is 4.79 Å². The average Bonchev–Trinajstić information content (AvgIpc) is 2.30. The first-order valence-electron chi connectivity index (χ1n) is 7.10. The summed E-state index contributed by atoms with van der Waals surface area (Å²) < 4.78 is 0. The fourth-order valence-corrected chi connectivity index (χ4v) is 1.76. The van der Waals surface area contributed by atoms with E-state index in [1.54, 1.807) is 0 Å². The lowest BCUT2D eigenvalue weighted by atomic mass is 10.1. The maximum Gasteiger partial charge on any atom is 0.233 e. The standard InChI is InChI=1S/C14H30N2O/c1-5-7-9-13(8-6-2)15-11-14(17)16-10-12(3)4/h12-13,15H,5-11H2,1-4H3,(H,16,17). The third-order valence-electron chi connectivity index (χ3n) is 2.80. The lowest BCUT2D eigenvalue weighted by molar-refractivity contribution is -0.120. The number of carbonyl (C=O) groups is 1. The average molecular weight is 242 g/mol. The predicted molar refractivity (Wildman–Crippen MR) is 74.1 cm³/mol. The molecule has 0 aromatic rings. The van der Waals surface area contributed by atoms with E-state index in [-0.39, 0.29) is 5.91 Å². The minimum atomic E-state index is 0.122. The van der Waals surface area contributed by atoms with Crippen LogP contribution in [-0.4, -0.2) is 25.0 Å². The lowest BCUT2D eigenvalue weighted by Gasteiger charge is -2.17. The van der Waals surface area contributed by atoms with Gasteiger partial charge in [0.25, 0.3) is 0 Å². The van der Waals surface area contributed by atoms with E-state index < -0.39 is 0 Å². The van der Waals surface area contributed by atoms with Crippen LogP contribution in [0, 0.1) is 5.92 Å². The Morgan fingerprint density at radius 3 is 2.35 bits per heavy atom. The van der Waals surface area contributed by atoms with Crippen LogP contribution in [0.5, 0.6) is 0 Å². The zero-order valence-corrected chi connectivity index (χ0v) is 12.0. The second kappa shape index (κ2) is 10.6. The van der Waals surface area contributed by atoms with Gasteiger partial charge in [-0.3, -0.25) is 4.79 Å². The van der Waals surface area contributed by atoms with Crippen molar-refractivity contribution >= 4 is 5.91 Å². The molecule has 0 saturated carbocycles. The van der Waals surface area contributed by atoms with Crippen LogP contribution in [0.1, 0.15) is 59.8 Å². The highest BCUT2D eigenvalue weighted by molar-refractivity contribution is 5.77. The molecule has 1 unspecified atom stereocenters. The Hall–Kier alpha value is -0.570. The normalized spacial score (nSPS) is 12.8. The summed E-state index contributed by atoms with van der Waals surface area (Å²) in [4.78, 5) is 11.6. The van der Waals surface area contributed by atoms with Gasteiger partial charge in [0.2, 0.25) is 5.91 Å². The van der Waals surface area contributed by atoms with Crippen LogP contribution in [0.2, 0.25) is 0 Å². The van der Waals surface area contributed by atoms with E-state index in [2.05, 4.69) is 38.3 Å². The van der Waals surface area contributed by atoms with Crippen molar-refractivity contribution in [3.8, 4) is 0 Å². The van der Waals surface area contributed by atoms with Crippen molar-refractivity contribution in [3.63, 3.8) is 0 Å². The molecule has 0 fully saturated rings. The van der Waals surface area contributed by atoms with Gasteiger partial charge in [0.15, 0.2) is 0 Å². The first-order valence-corrected chi connectivity index (χ1v) is 7.10. The van der Waals surface area contributed by atoms with Gasteiger partial charge in [-0.25, -0.2) is 0 Å². The highest BCUT2D eigenvalue weighted by Gasteiger charge is 2.09. The molecule has 0 rings (SSSR count). The summed E-state index contributed by atoms with van der Waals surface area (Å²) in [6.07, 6.45) is 5.99. The molecule has 0 aliphatic rings. The van der Waals surface area contributed by atoms with E-state index in [4.69, 9.17) is 0 Å². The highest BCUT2D eigenvalue weighted by Crippen LogP contribution is 2.06. The van der Waals surface area contributed by atoms with E-state index in [0.717, 1.165) is 13.0 Å². The highest BCUT2D eigenvalue weighted by atomic mass is 16.1. The maximum absolute atomic E-state index is 11.6. The quantitative estimate of drug-likeness (QED) is 0.618. The van der Waals surface area contributed by atoms with Crippen LogP contribution >= 0.6 is 0 Å². The summed E-state index contributed by atoms with van der Waals surface area (Å²) in [6.45, 7) is 9.84. The molecule has 0 heterocycles. The third kappa shape index (κ3) is 10.3. The van der Waals surface area contributed by atoms with E-state index in [1.807, 2.05) is 0 Å². The smallest absolute Gasteiger partial charge is 0.233 e. The molecule has 0 saturated heterocycles. The Bertz CT molecular complexity index is 193. The van der Waals surface area contributed by atoms with Crippen LogP contribution in [0.15, 0.2) is 0 Å². The van der Waals surface area contributed by atoms with Gasteiger partial charge >= 0.3 is 0 Å². The van der Waals surface area contributed by atoms with Crippen LogP contribution in [0.25, 0.3) is 0 Å². The fraction of sp³-hybridized carbons (Fsp3) is 0.929. The minimum Gasteiger partial charge on any atom is -0.355 e. The van der Waals surface area contributed by atoms with Crippen molar-refractivity contribution in [2.24, 2.45) is 5.92 Å². The van der Waals surface area contributed by atoms with Gasteiger partial charge in [0.1, 0.15) is 0 Å². The van der Waals surface area contributed by atoms with E-state index >= 15 is 0 Å². The Morgan fingerprint density at radius 2 is 1.82 bits per heavy atom. The van der Waals surface area contributed by atoms with Crippen molar-refractivity contribution in [2.75, 3.05) is 13.1 Å². The number of unbranched alkanes of at least 4 members (excludes halogenated alkanes) is 1. The third-order valence-corrected chi connectivity index (χ3v) is 2.80. The minimum absolute atomic E-state index is 0.122. The maximum atomic E-state index is 11.6. The Balaban J connectivity index is 3.74. The number of rotatable bonds is 10. The molecule has 0 aromatic carbocycles. The monoisotopic (exact) mass is 242 g/mol. The van der Waals surface area contributed by atoms with Crippen LogP contribution < -0.4 is 10.6 Å². The summed E-state index contributed by atoms with van der Waals surface area (Å²) in [5.41, 5.74) is 0. The largest absolute Gasteiger partial charge is 0.355 e. The van der Waals surface area contributed by atoms with Crippen LogP contribution in [0.3, 0.4) is 0 Å². The molecule has 3 heteroatoms. The van der Waals surface area contributed by atoms with Crippen molar-refractivity contribution in [2.45, 2.75) is 65.8 Å². The molecule has 0 aliphatic heterocycles. The molecule has 0 spiro atoms. The zero-order chi connectivity index (χ0) is 13.1. The second-order valence-electron chi connectivity index (χ2n) is 5.21. The van der Waals surface area contributed by atoms with E-state index in [1.165, 1.54) is 25.7 Å². The van der Waals surface area contributed by atoms with E-state index in [9.17, 15) is 4.79 Å². The predicted octanol–water partition coefficient (Wildman–Crippen LogP) is 2.71. The first kappa shape index (κ1) is 16.4. The van der Waals surface area contributed by atoms with E-state index in [0.29, 0.717) is 18.5 Å². The van der Waals surface area contributed by atoms with Gasteiger partial charge in [-0.15, -0.1) is 0 Å². The van der Waals surface area contributed by atoms with Gasteiger partial charge in [0.05, 0.1) is 6.54 Å². The molecule has 3 nitrogen and oxygen atoms in total. The molecule has 0 aliphatic carbocycles. The van der Waals surface area contributed by atoms with Gasteiger partial charge in [-0.1, -0.05) is 47.0 Å². The molecule has 1 atom stereocenters. The van der Waals surface area contributed by atoms with Gasteiger partial charge in [-0.05, 0) is 18.8 Å². The topological polar surface area (TPSA) is 41.1 Å². The molecule has 102 valence electrons. The number of hydrogen-bond acceptors (Lipinski definition) is 2. The summed E-state index contributed by atoms with van der Waals surface area (Å²) in [5, 5.41) is 6.30. The molecule has 0 radical (unpaired) electrons. The lowest BCUT2D eigenvalue weighted by Crippen LogP contribution is -2.40. The van der Waals surface area contributed by atoms with Gasteiger partial charge in [-0.2, -0.15) is 0 Å². The van der Waals surface area contributed by atoms with Crippen molar-refractivity contribution in [1.29, 1.82) is 0 Å². The van der Waals surface area contributed by atoms with Crippen molar-refractivity contribution in [1.82, 2.24) is 10.6 Å². The summed E-state index contributed by atoms with van der Waals surface area (Å²) >= 11 is 0. The summed E-state index contributed by atoms with van der Waals surface area (Å²) in [7, 11) is 0. The molecular formula is C14H30N2O. The Labute approximate surface area is 107 Å². The molecular weight excluding hydrogens is 212 g/mol. The molecule has 17 heavy (non-hydrogen) atoms. The molecule has 1 amide bonds. The van der Waals surface area contributed by atoms with Gasteiger partial charge in [0, 0.05) is 12.6 Å². The number of carbonyl (C=O) groups excluding carboxylic acids is 1. The molecule has 0 aromatic heterocycles. The SMILES string of the molecule is CCCCC(CCC)NCC(=O)NCC(C)C. The fourth-order valence-electron chi connectivity index (χ4n) is 1.76. The van der Waals surface area contributed by atoms with Crippen molar-refractivity contribution in [3.05, 3.63) is 0 Å². The summed E-state index contributed by atoms with van der Waals surface area (Å²) in [6, 6.07) is 0.504. The molecule has 0 bridgehead atoms. The summed E-state index contributed by atoms with van der Waals surface area (Å²) in [5.74, 6) is 0.641. The Morgan fingerprint density at radius 1 is 1.12 bits per heavy atom. The second-order valence-corrected chi connectivity index (χ2v) is 5.21. The Kier molecular flexibility index (Phi) is 10.2.